The van der Waals surface area contributed by atoms with Crippen molar-refractivity contribution in [1.29, 1.82) is 0 Å². The van der Waals surface area contributed by atoms with Crippen LogP contribution in [0.25, 0.3) is 0 Å². The molecule has 1 unspecified atom stereocenters. The van der Waals surface area contributed by atoms with Gasteiger partial charge in [0.25, 0.3) is 0 Å². The van der Waals surface area contributed by atoms with E-state index in [-0.39, 0.29) is 0 Å². The summed E-state index contributed by atoms with van der Waals surface area (Å²) in [4.78, 5) is 4.61. The summed E-state index contributed by atoms with van der Waals surface area (Å²) in [6.07, 6.45) is 1.13. The lowest BCUT2D eigenvalue weighted by Gasteiger charge is -2.11. The van der Waals surface area contributed by atoms with E-state index in [9.17, 15) is 0 Å². The molecule has 0 aromatic heterocycles. The molecule has 2 heteroatoms. The predicted molar refractivity (Wildman–Crippen MR) is 43.1 cm³/mol. The van der Waals surface area contributed by atoms with Gasteiger partial charge < -0.3 is 4.84 Å². The van der Waals surface area contributed by atoms with E-state index in [2.05, 4.69) is 25.6 Å². The van der Waals surface area contributed by atoms with Crippen LogP contribution in [0.4, 0.5) is 0 Å². The van der Waals surface area contributed by atoms with Gasteiger partial charge in [-0.3, -0.25) is 0 Å². The third-order valence-corrected chi connectivity index (χ3v) is 2.08. The van der Waals surface area contributed by atoms with Crippen molar-refractivity contribution in [2.75, 3.05) is 0 Å². The third kappa shape index (κ3) is 2.40. The molecule has 0 fully saturated rings. The standard InChI is InChI=1S/C8H17NO/c1-5-6(2)7(3)8(4)10-9/h6H,5,9H2,1-4H3. The van der Waals surface area contributed by atoms with Crippen molar-refractivity contribution in [3.8, 4) is 0 Å². The van der Waals surface area contributed by atoms with Crippen molar-refractivity contribution in [3.05, 3.63) is 11.3 Å². The molecule has 0 aromatic rings. The fraction of sp³-hybridized carbons (Fsp3) is 0.750. The Morgan fingerprint density at radius 2 is 2.00 bits per heavy atom. The Hall–Kier alpha value is -0.500. The second-order valence-electron chi connectivity index (χ2n) is 2.67. The van der Waals surface area contributed by atoms with E-state index in [1.807, 2.05) is 6.92 Å². The van der Waals surface area contributed by atoms with Gasteiger partial charge in [0, 0.05) is 0 Å². The van der Waals surface area contributed by atoms with Crippen LogP contribution in [0.2, 0.25) is 0 Å². The molecule has 0 saturated carbocycles. The molecule has 0 rings (SSSR count). The van der Waals surface area contributed by atoms with Gasteiger partial charge in [-0.05, 0) is 31.8 Å². The van der Waals surface area contributed by atoms with E-state index >= 15 is 0 Å². The van der Waals surface area contributed by atoms with Gasteiger partial charge in [-0.15, -0.1) is 0 Å². The molecule has 60 valence electrons. The Kier molecular flexibility index (Phi) is 4.12. The van der Waals surface area contributed by atoms with E-state index in [4.69, 9.17) is 5.90 Å². The zero-order valence-corrected chi connectivity index (χ0v) is 7.27. The maximum Gasteiger partial charge on any atom is 0.120 e. The molecule has 2 N–H and O–H groups in total. The first-order chi connectivity index (χ1) is 4.63. The zero-order valence-electron chi connectivity index (χ0n) is 7.27. The minimum Gasteiger partial charge on any atom is -0.416 e. The first-order valence-electron chi connectivity index (χ1n) is 3.67. The molecule has 0 aliphatic heterocycles. The minimum atomic E-state index is 0.573. The Bertz CT molecular complexity index is 129. The molecule has 0 saturated heterocycles. The van der Waals surface area contributed by atoms with Gasteiger partial charge in [0.1, 0.15) is 5.76 Å². The Morgan fingerprint density at radius 1 is 1.50 bits per heavy atom. The van der Waals surface area contributed by atoms with Crippen molar-refractivity contribution < 1.29 is 4.84 Å². The van der Waals surface area contributed by atoms with Crippen LogP contribution >= 0.6 is 0 Å². The molecule has 0 spiro atoms. The molecule has 0 aliphatic carbocycles. The van der Waals surface area contributed by atoms with Crippen LogP contribution in [0, 0.1) is 5.92 Å². The highest BCUT2D eigenvalue weighted by Crippen LogP contribution is 2.16. The van der Waals surface area contributed by atoms with Crippen LogP contribution in [0.15, 0.2) is 11.3 Å². The second-order valence-corrected chi connectivity index (χ2v) is 2.67. The zero-order chi connectivity index (χ0) is 8.15. The predicted octanol–water partition coefficient (Wildman–Crippen LogP) is 2.22. The highest BCUT2D eigenvalue weighted by molar-refractivity contribution is 5.05. The van der Waals surface area contributed by atoms with Gasteiger partial charge in [-0.2, -0.15) is 5.90 Å². The van der Waals surface area contributed by atoms with E-state index in [0.29, 0.717) is 5.92 Å². The summed E-state index contributed by atoms with van der Waals surface area (Å²) >= 11 is 0. The average Bonchev–Trinajstić information content (AvgIpc) is 2.00. The highest BCUT2D eigenvalue weighted by atomic mass is 16.6. The smallest absolute Gasteiger partial charge is 0.120 e. The third-order valence-electron chi connectivity index (χ3n) is 2.08. The quantitative estimate of drug-likeness (QED) is 0.485. The summed E-state index contributed by atoms with van der Waals surface area (Å²) in [6.45, 7) is 8.26. The largest absolute Gasteiger partial charge is 0.416 e. The molecule has 0 amide bonds. The molecule has 2 nitrogen and oxygen atoms in total. The molecular weight excluding hydrogens is 126 g/mol. The summed E-state index contributed by atoms with van der Waals surface area (Å²) < 4.78 is 0. The summed E-state index contributed by atoms with van der Waals surface area (Å²) in [7, 11) is 0. The summed E-state index contributed by atoms with van der Waals surface area (Å²) in [5.74, 6) is 6.42. The topological polar surface area (TPSA) is 35.2 Å². The Labute approximate surface area is 63.0 Å². The van der Waals surface area contributed by atoms with E-state index < -0.39 is 0 Å². The van der Waals surface area contributed by atoms with Crippen LogP contribution < -0.4 is 5.90 Å². The fourth-order valence-corrected chi connectivity index (χ4v) is 0.746. The van der Waals surface area contributed by atoms with Crippen LogP contribution in [-0.2, 0) is 4.84 Å². The van der Waals surface area contributed by atoms with Crippen LogP contribution in [0.3, 0.4) is 0 Å². The maximum atomic E-state index is 5.01. The minimum absolute atomic E-state index is 0.573. The molecule has 0 aliphatic rings. The van der Waals surface area contributed by atoms with Gasteiger partial charge in [-0.1, -0.05) is 13.8 Å². The molecule has 10 heavy (non-hydrogen) atoms. The number of rotatable bonds is 3. The average molecular weight is 143 g/mol. The van der Waals surface area contributed by atoms with Crippen molar-refractivity contribution in [3.63, 3.8) is 0 Å². The van der Waals surface area contributed by atoms with E-state index in [0.717, 1.165) is 12.2 Å². The van der Waals surface area contributed by atoms with Crippen LogP contribution in [0.5, 0.6) is 0 Å². The number of hydrogen-bond donors (Lipinski definition) is 1. The molecule has 0 bridgehead atoms. The van der Waals surface area contributed by atoms with Gasteiger partial charge in [0.15, 0.2) is 0 Å². The SMILES string of the molecule is CCC(C)C(C)=C(C)ON. The van der Waals surface area contributed by atoms with Gasteiger partial charge in [-0.25, -0.2) is 0 Å². The lowest BCUT2D eigenvalue weighted by Crippen LogP contribution is -2.03. The monoisotopic (exact) mass is 143 g/mol. The number of nitrogens with two attached hydrogens (primary N) is 1. The first kappa shape index (κ1) is 9.50. The number of allylic oxidation sites excluding steroid dienone is 2. The van der Waals surface area contributed by atoms with Gasteiger partial charge >= 0.3 is 0 Å². The summed E-state index contributed by atoms with van der Waals surface area (Å²) in [5, 5.41) is 0. The Morgan fingerprint density at radius 3 is 2.30 bits per heavy atom. The summed E-state index contributed by atoms with van der Waals surface area (Å²) in [5.41, 5.74) is 1.24. The lowest BCUT2D eigenvalue weighted by molar-refractivity contribution is 0.215. The normalized spacial score (nSPS) is 16.1. The number of hydrogen-bond acceptors (Lipinski definition) is 2. The van der Waals surface area contributed by atoms with Crippen LogP contribution in [0.1, 0.15) is 34.1 Å². The molecule has 0 heterocycles. The van der Waals surface area contributed by atoms with Crippen LogP contribution in [-0.4, -0.2) is 0 Å². The van der Waals surface area contributed by atoms with Crippen molar-refractivity contribution in [2.24, 2.45) is 11.8 Å². The lowest BCUT2D eigenvalue weighted by atomic mass is 9.99. The highest BCUT2D eigenvalue weighted by Gasteiger charge is 2.04. The molecular formula is C8H17NO. The van der Waals surface area contributed by atoms with Gasteiger partial charge in [0.2, 0.25) is 0 Å². The van der Waals surface area contributed by atoms with Crippen molar-refractivity contribution >= 4 is 0 Å². The van der Waals surface area contributed by atoms with E-state index in [1.54, 1.807) is 0 Å². The molecule has 1 atom stereocenters. The van der Waals surface area contributed by atoms with E-state index in [1.165, 1.54) is 5.57 Å². The summed E-state index contributed by atoms with van der Waals surface area (Å²) in [6, 6.07) is 0. The fourth-order valence-electron chi connectivity index (χ4n) is 0.746. The first-order valence-corrected chi connectivity index (χ1v) is 3.67. The van der Waals surface area contributed by atoms with Crippen molar-refractivity contribution in [1.82, 2.24) is 0 Å². The molecule has 0 aromatic carbocycles. The van der Waals surface area contributed by atoms with Crippen molar-refractivity contribution in [2.45, 2.75) is 34.1 Å². The Balaban J connectivity index is 4.15. The maximum absolute atomic E-state index is 5.01. The van der Waals surface area contributed by atoms with Gasteiger partial charge in [0.05, 0.1) is 0 Å². The second kappa shape index (κ2) is 4.34. The molecule has 0 radical (unpaired) electrons.